The molecule has 28 heavy (non-hydrogen) atoms. The SMILES string of the molecule is COc1cccc(NC(=O)CN(C)C(=O)CN(c2ccc(C)cc2)C(C)C)c1. The topological polar surface area (TPSA) is 61.9 Å². The molecule has 0 unspecified atom stereocenters. The third-order valence-corrected chi connectivity index (χ3v) is 4.45. The fourth-order valence-electron chi connectivity index (χ4n) is 2.78. The summed E-state index contributed by atoms with van der Waals surface area (Å²) in [5.74, 6) is 0.290. The molecule has 0 aromatic heterocycles. The minimum absolute atomic E-state index is 0.0180. The van der Waals surface area contributed by atoms with E-state index in [1.807, 2.05) is 49.9 Å². The normalized spacial score (nSPS) is 10.5. The zero-order valence-corrected chi connectivity index (χ0v) is 17.2. The van der Waals surface area contributed by atoms with Gasteiger partial charge in [-0.1, -0.05) is 23.8 Å². The first-order valence-electron chi connectivity index (χ1n) is 9.31. The summed E-state index contributed by atoms with van der Waals surface area (Å²) in [7, 11) is 3.21. The van der Waals surface area contributed by atoms with Crippen molar-refractivity contribution in [2.24, 2.45) is 0 Å². The maximum absolute atomic E-state index is 12.7. The molecule has 2 aromatic carbocycles. The molecule has 0 heterocycles. The minimum Gasteiger partial charge on any atom is -0.497 e. The summed E-state index contributed by atoms with van der Waals surface area (Å²) >= 11 is 0. The lowest BCUT2D eigenvalue weighted by Crippen LogP contribution is -2.44. The van der Waals surface area contributed by atoms with Gasteiger partial charge in [0.15, 0.2) is 0 Å². The molecule has 0 fully saturated rings. The van der Waals surface area contributed by atoms with Crippen LogP contribution in [-0.2, 0) is 9.59 Å². The van der Waals surface area contributed by atoms with Gasteiger partial charge in [-0.05, 0) is 45.0 Å². The number of ether oxygens (including phenoxy) is 1. The van der Waals surface area contributed by atoms with Crippen molar-refractivity contribution in [1.29, 1.82) is 0 Å². The number of methoxy groups -OCH3 is 1. The van der Waals surface area contributed by atoms with E-state index in [9.17, 15) is 9.59 Å². The molecule has 0 aliphatic rings. The van der Waals surface area contributed by atoms with E-state index < -0.39 is 0 Å². The highest BCUT2D eigenvalue weighted by molar-refractivity contribution is 5.95. The Morgan fingerprint density at radius 3 is 2.36 bits per heavy atom. The Balaban J connectivity index is 1.96. The van der Waals surface area contributed by atoms with Crippen LogP contribution in [0, 0.1) is 6.92 Å². The lowest BCUT2D eigenvalue weighted by atomic mass is 10.2. The van der Waals surface area contributed by atoms with Crippen LogP contribution in [0.4, 0.5) is 11.4 Å². The molecule has 0 bridgehead atoms. The fourth-order valence-corrected chi connectivity index (χ4v) is 2.78. The van der Waals surface area contributed by atoms with Crippen molar-refractivity contribution >= 4 is 23.2 Å². The predicted octanol–water partition coefficient (Wildman–Crippen LogP) is 3.32. The van der Waals surface area contributed by atoms with Gasteiger partial charge in [0.25, 0.3) is 0 Å². The average Bonchev–Trinajstić information content (AvgIpc) is 2.66. The Labute approximate surface area is 167 Å². The van der Waals surface area contributed by atoms with Gasteiger partial charge in [0.1, 0.15) is 5.75 Å². The van der Waals surface area contributed by atoms with Crippen molar-refractivity contribution in [3.63, 3.8) is 0 Å². The highest BCUT2D eigenvalue weighted by Gasteiger charge is 2.19. The number of carbonyl (C=O) groups excluding carboxylic acids is 2. The monoisotopic (exact) mass is 383 g/mol. The number of hydrogen-bond acceptors (Lipinski definition) is 4. The van der Waals surface area contributed by atoms with Crippen LogP contribution in [0.3, 0.4) is 0 Å². The number of benzene rings is 2. The molecule has 6 nitrogen and oxygen atoms in total. The van der Waals surface area contributed by atoms with Gasteiger partial charge in [-0.25, -0.2) is 0 Å². The van der Waals surface area contributed by atoms with Crippen LogP contribution in [0.2, 0.25) is 0 Å². The van der Waals surface area contributed by atoms with Crippen molar-refractivity contribution < 1.29 is 14.3 Å². The molecule has 0 spiro atoms. The quantitative estimate of drug-likeness (QED) is 0.760. The third kappa shape index (κ3) is 6.01. The van der Waals surface area contributed by atoms with Gasteiger partial charge in [-0.15, -0.1) is 0 Å². The number of aryl methyl sites for hydroxylation is 1. The molecule has 0 atom stereocenters. The molecule has 1 N–H and O–H groups in total. The third-order valence-electron chi connectivity index (χ3n) is 4.45. The molecule has 150 valence electrons. The van der Waals surface area contributed by atoms with Crippen molar-refractivity contribution in [1.82, 2.24) is 4.90 Å². The summed E-state index contributed by atoms with van der Waals surface area (Å²) in [5, 5.41) is 2.79. The molecule has 0 radical (unpaired) electrons. The van der Waals surface area contributed by atoms with Gasteiger partial charge in [0, 0.05) is 30.5 Å². The number of anilines is 2. The predicted molar refractivity (Wildman–Crippen MR) is 113 cm³/mol. The smallest absolute Gasteiger partial charge is 0.243 e. The largest absolute Gasteiger partial charge is 0.497 e. The molecule has 2 amide bonds. The Morgan fingerprint density at radius 1 is 1.07 bits per heavy atom. The number of nitrogens with one attached hydrogen (secondary N) is 1. The van der Waals surface area contributed by atoms with E-state index in [4.69, 9.17) is 4.74 Å². The van der Waals surface area contributed by atoms with Gasteiger partial charge >= 0.3 is 0 Å². The zero-order chi connectivity index (χ0) is 20.7. The second kappa shape index (κ2) is 9.78. The molecule has 0 saturated carbocycles. The Morgan fingerprint density at radius 2 is 1.75 bits per heavy atom. The Kier molecular flexibility index (Phi) is 7.44. The molecule has 6 heteroatoms. The van der Waals surface area contributed by atoms with Crippen molar-refractivity contribution in [2.75, 3.05) is 37.5 Å². The van der Waals surface area contributed by atoms with E-state index >= 15 is 0 Å². The molecule has 2 aromatic rings. The van der Waals surface area contributed by atoms with Crippen LogP contribution in [0.25, 0.3) is 0 Å². The van der Waals surface area contributed by atoms with E-state index in [-0.39, 0.29) is 30.9 Å². The standard InChI is InChI=1S/C22H29N3O3/c1-16(2)25(19-11-9-17(3)10-12-19)15-22(27)24(4)14-21(26)23-18-7-6-8-20(13-18)28-5/h6-13,16H,14-15H2,1-5H3,(H,23,26). The maximum atomic E-state index is 12.7. The Bertz CT molecular complexity index is 803. The number of likely N-dealkylation sites (N-methyl/N-ethyl adjacent to an activating group) is 1. The number of amides is 2. The summed E-state index contributed by atoms with van der Waals surface area (Å²) in [5.41, 5.74) is 2.79. The fraction of sp³-hybridized carbons (Fsp3) is 0.364. The first-order chi connectivity index (χ1) is 13.3. The van der Waals surface area contributed by atoms with Gasteiger partial charge < -0.3 is 19.9 Å². The summed E-state index contributed by atoms with van der Waals surface area (Å²) in [6, 6.07) is 15.3. The van der Waals surface area contributed by atoms with E-state index in [1.165, 1.54) is 10.5 Å². The van der Waals surface area contributed by atoms with Crippen molar-refractivity contribution in [3.8, 4) is 5.75 Å². The Hall–Kier alpha value is -3.02. The second-order valence-corrected chi connectivity index (χ2v) is 7.09. The minimum atomic E-state index is -0.254. The highest BCUT2D eigenvalue weighted by Crippen LogP contribution is 2.18. The maximum Gasteiger partial charge on any atom is 0.243 e. The first-order valence-corrected chi connectivity index (χ1v) is 9.31. The van der Waals surface area contributed by atoms with Crippen molar-refractivity contribution in [2.45, 2.75) is 26.8 Å². The molecular weight excluding hydrogens is 354 g/mol. The molecule has 0 aliphatic carbocycles. The number of rotatable bonds is 8. The lowest BCUT2D eigenvalue weighted by molar-refractivity contribution is -0.132. The zero-order valence-electron chi connectivity index (χ0n) is 17.2. The van der Waals surface area contributed by atoms with Gasteiger partial charge in [0.05, 0.1) is 20.2 Å². The van der Waals surface area contributed by atoms with Gasteiger partial charge in [-0.2, -0.15) is 0 Å². The number of nitrogens with zero attached hydrogens (tertiary/aromatic N) is 2. The van der Waals surface area contributed by atoms with Gasteiger partial charge in [0.2, 0.25) is 11.8 Å². The number of carbonyl (C=O) groups is 2. The summed E-state index contributed by atoms with van der Waals surface area (Å²) in [6.07, 6.45) is 0. The second-order valence-electron chi connectivity index (χ2n) is 7.09. The van der Waals surface area contributed by atoms with Gasteiger partial charge in [-0.3, -0.25) is 9.59 Å². The summed E-state index contributed by atoms with van der Waals surface area (Å²) in [4.78, 5) is 28.4. The number of hydrogen-bond donors (Lipinski definition) is 1. The van der Waals surface area contributed by atoms with E-state index in [1.54, 1.807) is 38.4 Å². The molecule has 0 saturated heterocycles. The molecule has 0 aliphatic heterocycles. The van der Waals surface area contributed by atoms with Crippen LogP contribution >= 0.6 is 0 Å². The van der Waals surface area contributed by atoms with E-state index in [0.29, 0.717) is 11.4 Å². The van der Waals surface area contributed by atoms with E-state index in [2.05, 4.69) is 5.32 Å². The van der Waals surface area contributed by atoms with Crippen LogP contribution in [0.15, 0.2) is 48.5 Å². The van der Waals surface area contributed by atoms with Crippen LogP contribution in [-0.4, -0.2) is 50.0 Å². The molecule has 2 rings (SSSR count). The highest BCUT2D eigenvalue weighted by atomic mass is 16.5. The lowest BCUT2D eigenvalue weighted by Gasteiger charge is -2.30. The van der Waals surface area contributed by atoms with E-state index in [0.717, 1.165) is 5.69 Å². The van der Waals surface area contributed by atoms with Crippen LogP contribution < -0.4 is 15.0 Å². The summed E-state index contributed by atoms with van der Waals surface area (Å²) in [6.45, 7) is 6.31. The summed E-state index contributed by atoms with van der Waals surface area (Å²) < 4.78 is 5.15. The average molecular weight is 383 g/mol. The molecular formula is C22H29N3O3. The van der Waals surface area contributed by atoms with Crippen LogP contribution in [0.5, 0.6) is 5.75 Å². The van der Waals surface area contributed by atoms with Crippen molar-refractivity contribution in [3.05, 3.63) is 54.1 Å². The first kappa shape index (κ1) is 21.3. The van der Waals surface area contributed by atoms with Crippen LogP contribution in [0.1, 0.15) is 19.4 Å².